The predicted octanol–water partition coefficient (Wildman–Crippen LogP) is 4.61. The second kappa shape index (κ2) is 6.29. The fraction of sp³-hybridized carbons (Fsp3) is 0.222. The van der Waals surface area contributed by atoms with Crippen molar-refractivity contribution in [1.82, 2.24) is 5.32 Å². The van der Waals surface area contributed by atoms with E-state index in [1.165, 1.54) is 15.8 Å². The number of benzene rings is 2. The van der Waals surface area contributed by atoms with Gasteiger partial charge in [0.2, 0.25) is 0 Å². The molecule has 3 heteroatoms. The highest BCUT2D eigenvalue weighted by Crippen LogP contribution is 2.35. The molecule has 0 saturated carbocycles. The first-order valence-electron chi connectivity index (χ1n) is 7.17. The van der Waals surface area contributed by atoms with Gasteiger partial charge >= 0.3 is 0 Å². The van der Waals surface area contributed by atoms with Crippen LogP contribution >= 0.6 is 11.3 Å². The molecule has 0 amide bonds. The normalized spacial score (nSPS) is 12.5. The van der Waals surface area contributed by atoms with Crippen LogP contribution in [-0.4, -0.2) is 13.7 Å². The summed E-state index contributed by atoms with van der Waals surface area (Å²) in [6.07, 6.45) is 0. The lowest BCUT2D eigenvalue weighted by Gasteiger charge is -2.20. The topological polar surface area (TPSA) is 21.3 Å². The van der Waals surface area contributed by atoms with E-state index in [0.29, 0.717) is 0 Å². The average Bonchev–Trinajstić information content (AvgIpc) is 3.06. The molecule has 3 rings (SSSR count). The minimum absolute atomic E-state index is 0.228. The Morgan fingerprint density at radius 2 is 1.86 bits per heavy atom. The van der Waals surface area contributed by atoms with Crippen molar-refractivity contribution in [3.8, 4) is 5.75 Å². The van der Waals surface area contributed by atoms with Gasteiger partial charge in [-0.2, -0.15) is 0 Å². The molecule has 0 bridgehead atoms. The molecule has 2 aromatic carbocycles. The van der Waals surface area contributed by atoms with Crippen molar-refractivity contribution in [1.29, 1.82) is 0 Å². The van der Waals surface area contributed by atoms with E-state index in [2.05, 4.69) is 66.2 Å². The average molecular weight is 297 g/mol. The molecule has 108 valence electrons. The Hall–Kier alpha value is -1.84. The van der Waals surface area contributed by atoms with Gasteiger partial charge in [-0.05, 0) is 35.0 Å². The second-order valence-electron chi connectivity index (χ2n) is 4.91. The van der Waals surface area contributed by atoms with Gasteiger partial charge in [-0.15, -0.1) is 11.3 Å². The Balaban J connectivity index is 2.18. The summed E-state index contributed by atoms with van der Waals surface area (Å²) < 4.78 is 5.50. The summed E-state index contributed by atoms with van der Waals surface area (Å²) in [6, 6.07) is 17.2. The van der Waals surface area contributed by atoms with Crippen molar-refractivity contribution in [2.24, 2.45) is 0 Å². The van der Waals surface area contributed by atoms with E-state index in [4.69, 9.17) is 4.74 Å². The highest BCUT2D eigenvalue weighted by molar-refractivity contribution is 7.10. The summed E-state index contributed by atoms with van der Waals surface area (Å²) in [6.45, 7) is 3.08. The van der Waals surface area contributed by atoms with Crippen LogP contribution in [0.15, 0.2) is 53.9 Å². The number of methoxy groups -OCH3 is 1. The van der Waals surface area contributed by atoms with Gasteiger partial charge in [0.25, 0.3) is 0 Å². The Bertz CT molecular complexity index is 721. The van der Waals surface area contributed by atoms with Crippen LogP contribution < -0.4 is 10.1 Å². The van der Waals surface area contributed by atoms with Crippen LogP contribution in [0.25, 0.3) is 10.8 Å². The van der Waals surface area contributed by atoms with Gasteiger partial charge in [0.05, 0.1) is 13.2 Å². The van der Waals surface area contributed by atoms with Crippen molar-refractivity contribution >= 4 is 22.1 Å². The summed E-state index contributed by atoms with van der Waals surface area (Å²) in [7, 11) is 1.72. The van der Waals surface area contributed by atoms with Crippen LogP contribution in [0.1, 0.15) is 23.4 Å². The molecule has 0 saturated heterocycles. The minimum Gasteiger partial charge on any atom is -0.496 e. The zero-order valence-electron chi connectivity index (χ0n) is 12.3. The van der Waals surface area contributed by atoms with Crippen LogP contribution in [0.4, 0.5) is 0 Å². The van der Waals surface area contributed by atoms with Crippen LogP contribution in [0.5, 0.6) is 5.75 Å². The lowest BCUT2D eigenvalue weighted by Crippen LogP contribution is -2.21. The molecular weight excluding hydrogens is 278 g/mol. The van der Waals surface area contributed by atoms with E-state index in [0.717, 1.165) is 17.7 Å². The van der Waals surface area contributed by atoms with Gasteiger partial charge < -0.3 is 10.1 Å². The molecule has 1 heterocycles. The maximum Gasteiger partial charge on any atom is 0.126 e. The Morgan fingerprint density at radius 1 is 1.05 bits per heavy atom. The third-order valence-corrected chi connectivity index (χ3v) is 4.62. The van der Waals surface area contributed by atoms with E-state index in [1.807, 2.05) is 0 Å². The minimum atomic E-state index is 0.228. The van der Waals surface area contributed by atoms with Crippen molar-refractivity contribution in [3.63, 3.8) is 0 Å². The van der Waals surface area contributed by atoms with Gasteiger partial charge in [0.15, 0.2) is 0 Å². The summed E-state index contributed by atoms with van der Waals surface area (Å²) in [5.74, 6) is 0.927. The van der Waals surface area contributed by atoms with Crippen LogP contribution in [0, 0.1) is 0 Å². The van der Waals surface area contributed by atoms with E-state index in [-0.39, 0.29) is 6.04 Å². The lowest BCUT2D eigenvalue weighted by molar-refractivity contribution is 0.419. The first-order valence-corrected chi connectivity index (χ1v) is 8.05. The highest BCUT2D eigenvalue weighted by Gasteiger charge is 2.17. The SMILES string of the molecule is CCNC(c1cccs1)c1ccc(OC)c2ccccc12. The molecule has 0 spiro atoms. The monoisotopic (exact) mass is 297 g/mol. The van der Waals surface area contributed by atoms with Crippen LogP contribution in [0.3, 0.4) is 0 Å². The molecule has 0 fully saturated rings. The predicted molar refractivity (Wildman–Crippen MR) is 90.3 cm³/mol. The molecule has 0 radical (unpaired) electrons. The number of fused-ring (bicyclic) bond motifs is 1. The fourth-order valence-electron chi connectivity index (χ4n) is 2.75. The maximum absolute atomic E-state index is 5.50. The zero-order chi connectivity index (χ0) is 14.7. The number of ether oxygens (including phenoxy) is 1. The molecule has 1 atom stereocenters. The molecule has 1 aromatic heterocycles. The molecular formula is C18H19NOS. The summed E-state index contributed by atoms with van der Waals surface area (Å²) >= 11 is 1.79. The summed E-state index contributed by atoms with van der Waals surface area (Å²) in [5.41, 5.74) is 1.30. The van der Waals surface area contributed by atoms with E-state index >= 15 is 0 Å². The van der Waals surface area contributed by atoms with Gasteiger partial charge in [-0.3, -0.25) is 0 Å². The van der Waals surface area contributed by atoms with Gasteiger partial charge in [0.1, 0.15) is 5.75 Å². The zero-order valence-corrected chi connectivity index (χ0v) is 13.1. The van der Waals surface area contributed by atoms with E-state index < -0.39 is 0 Å². The molecule has 21 heavy (non-hydrogen) atoms. The van der Waals surface area contributed by atoms with Gasteiger partial charge in [0, 0.05) is 10.3 Å². The molecule has 1 N–H and O–H groups in total. The first-order chi connectivity index (χ1) is 10.3. The molecule has 2 nitrogen and oxygen atoms in total. The molecule has 0 aliphatic heterocycles. The molecule has 0 aliphatic carbocycles. The fourth-order valence-corrected chi connectivity index (χ4v) is 3.57. The standard InChI is InChI=1S/C18H19NOS/c1-3-19-18(17-9-6-12-21-17)15-10-11-16(20-2)14-8-5-4-7-13(14)15/h4-12,18-19H,3H2,1-2H3. The van der Waals surface area contributed by atoms with Crippen molar-refractivity contribution in [2.75, 3.05) is 13.7 Å². The first kappa shape index (κ1) is 14.1. The third kappa shape index (κ3) is 2.67. The molecule has 3 aromatic rings. The van der Waals surface area contributed by atoms with Gasteiger partial charge in [-0.25, -0.2) is 0 Å². The Kier molecular flexibility index (Phi) is 4.23. The molecule has 0 aliphatic rings. The smallest absolute Gasteiger partial charge is 0.126 e. The van der Waals surface area contributed by atoms with Crippen molar-refractivity contribution < 1.29 is 4.74 Å². The number of rotatable bonds is 5. The summed E-state index contributed by atoms with van der Waals surface area (Å²) in [5, 5.41) is 8.14. The maximum atomic E-state index is 5.50. The number of nitrogens with one attached hydrogen (secondary N) is 1. The summed E-state index contributed by atoms with van der Waals surface area (Å²) in [4.78, 5) is 1.34. The molecule has 1 unspecified atom stereocenters. The van der Waals surface area contributed by atoms with Gasteiger partial charge in [-0.1, -0.05) is 43.3 Å². The number of hydrogen-bond donors (Lipinski definition) is 1. The van der Waals surface area contributed by atoms with E-state index in [9.17, 15) is 0 Å². The quantitative estimate of drug-likeness (QED) is 0.742. The van der Waals surface area contributed by atoms with Crippen LogP contribution in [0.2, 0.25) is 0 Å². The van der Waals surface area contributed by atoms with Crippen molar-refractivity contribution in [2.45, 2.75) is 13.0 Å². The largest absolute Gasteiger partial charge is 0.496 e. The number of hydrogen-bond acceptors (Lipinski definition) is 3. The second-order valence-corrected chi connectivity index (χ2v) is 5.89. The van der Waals surface area contributed by atoms with E-state index in [1.54, 1.807) is 18.4 Å². The Morgan fingerprint density at radius 3 is 2.52 bits per heavy atom. The highest BCUT2D eigenvalue weighted by atomic mass is 32.1. The number of thiophene rings is 1. The van der Waals surface area contributed by atoms with Crippen molar-refractivity contribution in [3.05, 3.63) is 64.4 Å². The van der Waals surface area contributed by atoms with Crippen LogP contribution in [-0.2, 0) is 0 Å². The third-order valence-electron chi connectivity index (χ3n) is 3.68. The lowest BCUT2D eigenvalue weighted by atomic mass is 9.97. The Labute approximate surface area is 129 Å².